The summed E-state index contributed by atoms with van der Waals surface area (Å²) in [5, 5.41) is 12.1. The minimum Gasteiger partial charge on any atom is -0.309 e. The number of hydrogen-bond donors (Lipinski definition) is 1. The van der Waals surface area contributed by atoms with Crippen LogP contribution in [0.5, 0.6) is 0 Å². The second kappa shape index (κ2) is 8.51. The van der Waals surface area contributed by atoms with Gasteiger partial charge < -0.3 is 5.32 Å². The van der Waals surface area contributed by atoms with Crippen molar-refractivity contribution in [2.45, 2.75) is 49.2 Å². The highest BCUT2D eigenvalue weighted by Gasteiger charge is 2.20. The first-order valence-corrected chi connectivity index (χ1v) is 9.25. The lowest BCUT2D eigenvalue weighted by molar-refractivity contribution is 0.527. The first kappa shape index (κ1) is 16.5. The molecule has 0 saturated heterocycles. The topological polar surface area (TPSA) is 37.8 Å². The van der Waals surface area contributed by atoms with Crippen LogP contribution in [0.1, 0.15) is 44.4 Å². The van der Waals surface area contributed by atoms with Crippen molar-refractivity contribution in [1.82, 2.24) is 15.5 Å². The Balaban J connectivity index is 2.11. The molecule has 0 amide bonds. The minimum absolute atomic E-state index is 0.338. The van der Waals surface area contributed by atoms with Gasteiger partial charge >= 0.3 is 0 Å². The summed E-state index contributed by atoms with van der Waals surface area (Å²) >= 11 is 3.40. The molecule has 0 aliphatic rings. The van der Waals surface area contributed by atoms with E-state index >= 15 is 0 Å². The van der Waals surface area contributed by atoms with Crippen LogP contribution in [-0.4, -0.2) is 22.0 Å². The van der Waals surface area contributed by atoms with Gasteiger partial charge in [-0.2, -0.15) is 0 Å². The fourth-order valence-corrected chi connectivity index (χ4v) is 4.14. The van der Waals surface area contributed by atoms with Crippen LogP contribution in [0.4, 0.5) is 0 Å². The number of rotatable bonds is 8. The maximum atomic E-state index is 4.14. The average molecular weight is 322 g/mol. The minimum atomic E-state index is 0.338. The van der Waals surface area contributed by atoms with Crippen LogP contribution < -0.4 is 5.32 Å². The molecule has 0 bridgehead atoms. The first-order valence-electron chi connectivity index (χ1n) is 7.49. The standard InChI is InChI=1S/C16H23N3S2/c1-4-10-17-15(12(3)21-16-19-18-11-20-16)14-8-6-13(5-2)7-9-14/h6-9,11-12,15,17H,4-5,10H2,1-3H3. The molecule has 0 aliphatic heterocycles. The van der Waals surface area contributed by atoms with Crippen LogP contribution >= 0.6 is 23.1 Å². The Kier molecular flexibility index (Phi) is 6.67. The molecule has 0 aliphatic carbocycles. The van der Waals surface area contributed by atoms with Gasteiger partial charge in [-0.15, -0.1) is 10.2 Å². The van der Waals surface area contributed by atoms with Crippen molar-refractivity contribution >= 4 is 23.1 Å². The van der Waals surface area contributed by atoms with Crippen LogP contribution in [-0.2, 0) is 6.42 Å². The summed E-state index contributed by atoms with van der Waals surface area (Å²) in [4.78, 5) is 0. The third-order valence-corrected chi connectivity index (χ3v) is 5.45. The van der Waals surface area contributed by atoms with Gasteiger partial charge in [0.05, 0.1) is 0 Å². The van der Waals surface area contributed by atoms with Crippen LogP contribution in [0.15, 0.2) is 34.1 Å². The van der Waals surface area contributed by atoms with Crippen molar-refractivity contribution in [3.63, 3.8) is 0 Å². The Morgan fingerprint density at radius 2 is 2.00 bits per heavy atom. The van der Waals surface area contributed by atoms with E-state index in [4.69, 9.17) is 0 Å². The molecule has 3 nitrogen and oxygen atoms in total. The summed E-state index contributed by atoms with van der Waals surface area (Å²) in [6, 6.07) is 9.31. The van der Waals surface area contributed by atoms with E-state index in [1.165, 1.54) is 11.1 Å². The van der Waals surface area contributed by atoms with E-state index in [-0.39, 0.29) is 0 Å². The zero-order chi connectivity index (χ0) is 15.1. The Morgan fingerprint density at radius 1 is 1.24 bits per heavy atom. The zero-order valence-electron chi connectivity index (χ0n) is 12.9. The highest BCUT2D eigenvalue weighted by molar-refractivity contribution is 8.01. The zero-order valence-corrected chi connectivity index (χ0v) is 14.5. The molecular weight excluding hydrogens is 298 g/mol. The number of aryl methyl sites for hydroxylation is 1. The second-order valence-corrected chi connectivity index (χ2v) is 7.51. The predicted molar refractivity (Wildman–Crippen MR) is 92.1 cm³/mol. The summed E-state index contributed by atoms with van der Waals surface area (Å²) in [7, 11) is 0. The fourth-order valence-electron chi connectivity index (χ4n) is 2.26. The lowest BCUT2D eigenvalue weighted by Gasteiger charge is -2.24. The van der Waals surface area contributed by atoms with Crippen molar-refractivity contribution in [1.29, 1.82) is 0 Å². The van der Waals surface area contributed by atoms with E-state index < -0.39 is 0 Å². The number of benzene rings is 1. The van der Waals surface area contributed by atoms with E-state index in [1.807, 2.05) is 0 Å². The van der Waals surface area contributed by atoms with Gasteiger partial charge in [0, 0.05) is 11.3 Å². The molecule has 1 heterocycles. The molecule has 2 atom stereocenters. The number of thioether (sulfide) groups is 1. The molecule has 0 spiro atoms. The van der Waals surface area contributed by atoms with Crippen LogP contribution in [0, 0.1) is 0 Å². The quantitative estimate of drug-likeness (QED) is 0.735. The normalized spacial score (nSPS) is 14.0. The lowest BCUT2D eigenvalue weighted by Crippen LogP contribution is -2.29. The third kappa shape index (κ3) is 4.80. The smallest absolute Gasteiger partial charge is 0.174 e. The average Bonchev–Trinajstić information content (AvgIpc) is 3.01. The molecule has 0 radical (unpaired) electrons. The molecule has 2 aromatic rings. The fraction of sp³-hybridized carbons (Fsp3) is 0.500. The molecule has 21 heavy (non-hydrogen) atoms. The van der Waals surface area contributed by atoms with Crippen molar-refractivity contribution in [2.24, 2.45) is 0 Å². The Hall–Kier alpha value is -0.910. The number of nitrogens with zero attached hydrogens (tertiary/aromatic N) is 2. The van der Waals surface area contributed by atoms with Crippen molar-refractivity contribution in [3.05, 3.63) is 40.9 Å². The molecular formula is C16H23N3S2. The first-order chi connectivity index (χ1) is 10.2. The number of nitrogens with one attached hydrogen (secondary N) is 1. The Labute approximate surface area is 135 Å². The molecule has 0 saturated carbocycles. The molecule has 2 rings (SSSR count). The second-order valence-electron chi connectivity index (χ2n) is 5.05. The van der Waals surface area contributed by atoms with Gasteiger partial charge in [0.25, 0.3) is 0 Å². The van der Waals surface area contributed by atoms with Crippen molar-refractivity contribution in [2.75, 3.05) is 6.54 Å². The van der Waals surface area contributed by atoms with Gasteiger partial charge in [0.2, 0.25) is 0 Å². The molecule has 2 unspecified atom stereocenters. The van der Waals surface area contributed by atoms with E-state index in [2.05, 4.69) is 60.6 Å². The summed E-state index contributed by atoms with van der Waals surface area (Å²) in [6.07, 6.45) is 2.22. The number of aromatic nitrogens is 2. The van der Waals surface area contributed by atoms with Gasteiger partial charge in [-0.1, -0.05) is 68.1 Å². The van der Waals surface area contributed by atoms with Gasteiger partial charge in [-0.3, -0.25) is 0 Å². The highest BCUT2D eigenvalue weighted by Crippen LogP contribution is 2.32. The highest BCUT2D eigenvalue weighted by atomic mass is 32.2. The van der Waals surface area contributed by atoms with Gasteiger partial charge in [0.15, 0.2) is 4.34 Å². The van der Waals surface area contributed by atoms with Crippen LogP contribution in [0.25, 0.3) is 0 Å². The third-order valence-electron chi connectivity index (χ3n) is 3.46. The molecule has 5 heteroatoms. The van der Waals surface area contributed by atoms with Crippen molar-refractivity contribution in [3.8, 4) is 0 Å². The maximum absolute atomic E-state index is 4.14. The maximum Gasteiger partial charge on any atom is 0.174 e. The van der Waals surface area contributed by atoms with Gasteiger partial charge in [-0.05, 0) is 30.5 Å². The van der Waals surface area contributed by atoms with Crippen LogP contribution in [0.3, 0.4) is 0 Å². The summed E-state index contributed by atoms with van der Waals surface area (Å²) in [5.74, 6) is 0. The molecule has 1 N–H and O–H groups in total. The van der Waals surface area contributed by atoms with E-state index in [0.29, 0.717) is 11.3 Å². The van der Waals surface area contributed by atoms with Gasteiger partial charge in [-0.25, -0.2) is 0 Å². The molecule has 0 fully saturated rings. The monoisotopic (exact) mass is 321 g/mol. The summed E-state index contributed by atoms with van der Waals surface area (Å²) in [5.41, 5.74) is 4.53. The molecule has 1 aromatic heterocycles. The predicted octanol–water partition coefficient (Wildman–Crippen LogP) is 4.32. The molecule has 1 aromatic carbocycles. The van der Waals surface area contributed by atoms with E-state index in [9.17, 15) is 0 Å². The van der Waals surface area contributed by atoms with Crippen LogP contribution in [0.2, 0.25) is 0 Å². The van der Waals surface area contributed by atoms with Crippen molar-refractivity contribution < 1.29 is 0 Å². The lowest BCUT2D eigenvalue weighted by atomic mass is 10.0. The SMILES string of the molecule is CCCNC(c1ccc(CC)cc1)C(C)Sc1nncs1. The number of hydrogen-bond acceptors (Lipinski definition) is 5. The summed E-state index contributed by atoms with van der Waals surface area (Å²) in [6.45, 7) is 7.68. The Bertz CT molecular complexity index is 511. The summed E-state index contributed by atoms with van der Waals surface area (Å²) < 4.78 is 1.04. The molecule has 114 valence electrons. The van der Waals surface area contributed by atoms with E-state index in [0.717, 1.165) is 23.7 Å². The Morgan fingerprint density at radius 3 is 2.57 bits per heavy atom. The largest absolute Gasteiger partial charge is 0.309 e. The van der Waals surface area contributed by atoms with E-state index in [1.54, 1.807) is 28.6 Å². The van der Waals surface area contributed by atoms with Gasteiger partial charge in [0.1, 0.15) is 5.51 Å².